The van der Waals surface area contributed by atoms with Crippen LogP contribution < -0.4 is 10.6 Å². The maximum atomic E-state index is 10.6. The fourth-order valence-corrected chi connectivity index (χ4v) is 2.83. The number of rotatable bonds is 0. The Bertz CT molecular complexity index is 807. The molecule has 2 aliphatic rings. The summed E-state index contributed by atoms with van der Waals surface area (Å²) in [5.41, 5.74) is 5.59. The Labute approximate surface area is 191 Å². The van der Waals surface area contributed by atoms with E-state index in [-0.39, 0.29) is 0 Å². The monoisotopic (exact) mass is 494 g/mol. The minimum Gasteiger partial charge on any atom is -0.475 e. The van der Waals surface area contributed by atoms with Crippen LogP contribution in [0.2, 0.25) is 0 Å². The molecule has 0 aliphatic carbocycles. The van der Waals surface area contributed by atoms with E-state index in [0.29, 0.717) is 0 Å². The third kappa shape index (κ3) is 10.9. The van der Waals surface area contributed by atoms with Crippen LogP contribution in [0, 0.1) is 0 Å². The molecule has 0 bridgehead atoms. The number of alkyl halides is 6. The van der Waals surface area contributed by atoms with Gasteiger partial charge in [-0.3, -0.25) is 0 Å². The molecule has 0 saturated heterocycles. The number of benzene rings is 2. The number of aryl methyl sites for hydroxylation is 2. The number of nitrogens with one attached hydrogen (secondary N) is 2. The van der Waals surface area contributed by atoms with Gasteiger partial charge in [-0.1, -0.05) is 36.4 Å². The highest BCUT2D eigenvalue weighted by Crippen LogP contribution is 2.21. The molecule has 6 nitrogen and oxygen atoms in total. The fraction of sp³-hybridized carbons (Fsp3) is 0.364. The van der Waals surface area contributed by atoms with Gasteiger partial charge in [0.25, 0.3) is 0 Å². The topological polar surface area (TPSA) is 98.7 Å². The van der Waals surface area contributed by atoms with Crippen molar-refractivity contribution in [1.29, 1.82) is 0 Å². The first-order valence-corrected chi connectivity index (χ1v) is 10.1. The van der Waals surface area contributed by atoms with Crippen molar-refractivity contribution in [2.45, 2.75) is 38.0 Å². The second kappa shape index (κ2) is 13.3. The number of para-hydroxylation sites is 2. The number of anilines is 2. The van der Waals surface area contributed by atoms with Gasteiger partial charge in [-0.05, 0) is 48.9 Å². The quantitative estimate of drug-likeness (QED) is 0.369. The van der Waals surface area contributed by atoms with Crippen molar-refractivity contribution < 1.29 is 46.1 Å². The van der Waals surface area contributed by atoms with E-state index in [1.807, 2.05) is 0 Å². The van der Waals surface area contributed by atoms with Crippen molar-refractivity contribution in [2.75, 3.05) is 23.7 Å². The molecular formula is C22H24F6N2O4. The van der Waals surface area contributed by atoms with Crippen molar-refractivity contribution in [3.8, 4) is 0 Å². The van der Waals surface area contributed by atoms with Gasteiger partial charge in [0.05, 0.1) is 0 Å². The highest BCUT2D eigenvalue weighted by Gasteiger charge is 2.38. The summed E-state index contributed by atoms with van der Waals surface area (Å²) in [6.07, 6.45) is -5.14. The minimum atomic E-state index is -5.08. The zero-order valence-electron chi connectivity index (χ0n) is 17.8. The lowest BCUT2D eigenvalue weighted by molar-refractivity contribution is -0.193. The molecule has 188 valence electrons. The van der Waals surface area contributed by atoms with Crippen LogP contribution in [0.1, 0.15) is 24.0 Å². The van der Waals surface area contributed by atoms with Gasteiger partial charge >= 0.3 is 24.3 Å². The number of carboxylic acid groups (broad SMARTS) is 2. The molecule has 0 saturated carbocycles. The summed E-state index contributed by atoms with van der Waals surface area (Å²) in [6, 6.07) is 17.1. The molecule has 0 amide bonds. The Kier molecular flexibility index (Phi) is 11.2. The molecule has 4 rings (SSSR count). The number of hydrogen-bond acceptors (Lipinski definition) is 4. The molecule has 34 heavy (non-hydrogen) atoms. The number of carboxylic acids is 2. The van der Waals surface area contributed by atoms with E-state index in [9.17, 15) is 26.3 Å². The smallest absolute Gasteiger partial charge is 0.475 e. The number of hydrogen-bond donors (Lipinski definition) is 4. The molecular weight excluding hydrogens is 470 g/mol. The van der Waals surface area contributed by atoms with E-state index in [0.717, 1.165) is 13.1 Å². The summed E-state index contributed by atoms with van der Waals surface area (Å²) in [7, 11) is 0. The highest BCUT2D eigenvalue weighted by molar-refractivity contribution is 5.73. The Balaban J connectivity index is 0.000000231. The van der Waals surface area contributed by atoms with Crippen LogP contribution in [-0.4, -0.2) is 47.6 Å². The third-order valence-electron chi connectivity index (χ3n) is 4.40. The molecule has 2 aliphatic heterocycles. The molecule has 2 aromatic rings. The summed E-state index contributed by atoms with van der Waals surface area (Å²) in [5.74, 6) is -5.51. The van der Waals surface area contributed by atoms with Crippen molar-refractivity contribution in [2.24, 2.45) is 0 Å². The molecule has 0 unspecified atom stereocenters. The normalized spacial score (nSPS) is 13.8. The number of aliphatic carboxylic acids is 2. The van der Waals surface area contributed by atoms with Crippen LogP contribution in [0.3, 0.4) is 0 Å². The molecule has 0 aromatic heterocycles. The van der Waals surface area contributed by atoms with Crippen LogP contribution in [0.4, 0.5) is 37.7 Å². The van der Waals surface area contributed by atoms with E-state index in [4.69, 9.17) is 19.8 Å². The predicted molar refractivity (Wildman–Crippen MR) is 114 cm³/mol. The van der Waals surface area contributed by atoms with Crippen molar-refractivity contribution in [3.63, 3.8) is 0 Å². The van der Waals surface area contributed by atoms with Crippen molar-refractivity contribution >= 4 is 23.3 Å². The first-order valence-electron chi connectivity index (χ1n) is 10.1. The number of carbonyl (C=O) groups is 2. The lowest BCUT2D eigenvalue weighted by atomic mass is 10.0. The largest absolute Gasteiger partial charge is 0.490 e. The second-order valence-corrected chi connectivity index (χ2v) is 6.98. The summed E-state index contributed by atoms with van der Waals surface area (Å²) in [4.78, 5) is 17.8. The number of halogens is 6. The lowest BCUT2D eigenvalue weighted by Crippen LogP contribution is -2.21. The molecule has 4 N–H and O–H groups in total. The van der Waals surface area contributed by atoms with Gasteiger partial charge in [-0.2, -0.15) is 26.3 Å². The summed E-state index contributed by atoms with van der Waals surface area (Å²) >= 11 is 0. The standard InChI is InChI=1S/2C9H11N.2C2HF3O2/c2*1-2-6-9-8(4-1)5-3-7-10-9;2*3-2(4,5)1(6)7/h2*1-2,4,6,10H,3,5,7H2;2*(H,6,7). The predicted octanol–water partition coefficient (Wildman–Crippen LogP) is 5.36. The van der Waals surface area contributed by atoms with E-state index < -0.39 is 24.3 Å². The summed E-state index contributed by atoms with van der Waals surface area (Å²) < 4.78 is 63.5. The van der Waals surface area contributed by atoms with Crippen molar-refractivity contribution in [1.82, 2.24) is 0 Å². The van der Waals surface area contributed by atoms with Gasteiger partial charge in [0, 0.05) is 24.5 Å². The van der Waals surface area contributed by atoms with E-state index >= 15 is 0 Å². The summed E-state index contributed by atoms with van der Waals surface area (Å²) in [6.45, 7) is 2.27. The molecule has 0 fully saturated rings. The van der Waals surface area contributed by atoms with Gasteiger partial charge in [-0.15, -0.1) is 0 Å². The van der Waals surface area contributed by atoms with Crippen LogP contribution in [0.5, 0.6) is 0 Å². The molecule has 0 spiro atoms. The fourth-order valence-electron chi connectivity index (χ4n) is 2.83. The van der Waals surface area contributed by atoms with Crippen LogP contribution in [-0.2, 0) is 22.4 Å². The molecule has 2 heterocycles. The van der Waals surface area contributed by atoms with Crippen LogP contribution in [0.15, 0.2) is 48.5 Å². The third-order valence-corrected chi connectivity index (χ3v) is 4.40. The van der Waals surface area contributed by atoms with E-state index in [2.05, 4.69) is 59.2 Å². The molecule has 0 radical (unpaired) electrons. The Morgan fingerprint density at radius 1 is 0.647 bits per heavy atom. The number of fused-ring (bicyclic) bond motifs is 2. The van der Waals surface area contributed by atoms with E-state index in [1.54, 1.807) is 0 Å². The van der Waals surface area contributed by atoms with E-state index in [1.165, 1.54) is 48.2 Å². The van der Waals surface area contributed by atoms with Crippen LogP contribution >= 0.6 is 0 Å². The van der Waals surface area contributed by atoms with Crippen molar-refractivity contribution in [3.05, 3.63) is 59.7 Å². The second-order valence-electron chi connectivity index (χ2n) is 6.98. The average molecular weight is 494 g/mol. The maximum absolute atomic E-state index is 10.6. The first kappa shape index (κ1) is 28.6. The molecule has 0 atom stereocenters. The zero-order valence-corrected chi connectivity index (χ0v) is 17.8. The van der Waals surface area contributed by atoms with Gasteiger partial charge in [0.1, 0.15) is 0 Å². The average Bonchev–Trinajstić information content (AvgIpc) is 2.79. The van der Waals surface area contributed by atoms with Gasteiger partial charge in [0.15, 0.2) is 0 Å². The Morgan fingerprint density at radius 3 is 1.21 bits per heavy atom. The highest BCUT2D eigenvalue weighted by atomic mass is 19.4. The summed E-state index contributed by atoms with van der Waals surface area (Å²) in [5, 5.41) is 21.0. The first-order chi connectivity index (χ1) is 15.8. The molecule has 2 aromatic carbocycles. The van der Waals surface area contributed by atoms with Gasteiger partial charge in [-0.25, -0.2) is 9.59 Å². The Hall–Kier alpha value is -3.44. The zero-order chi connectivity index (χ0) is 25.8. The maximum Gasteiger partial charge on any atom is 0.490 e. The van der Waals surface area contributed by atoms with Gasteiger partial charge in [0.2, 0.25) is 0 Å². The Morgan fingerprint density at radius 2 is 0.941 bits per heavy atom. The SMILES string of the molecule is O=C(O)C(F)(F)F.O=C(O)C(F)(F)F.c1ccc2c(c1)CCCN2.c1ccc2c(c1)CCCN2. The lowest BCUT2D eigenvalue weighted by Gasteiger charge is -2.16. The van der Waals surface area contributed by atoms with Gasteiger partial charge < -0.3 is 20.8 Å². The minimum absolute atomic E-state index is 1.14. The van der Waals surface area contributed by atoms with Crippen LogP contribution in [0.25, 0.3) is 0 Å². The molecule has 12 heteroatoms.